The molecule has 1 unspecified atom stereocenters. The van der Waals surface area contributed by atoms with E-state index in [1.165, 1.54) is 12.1 Å². The highest BCUT2D eigenvalue weighted by Gasteiger charge is 2.15. The lowest BCUT2D eigenvalue weighted by atomic mass is 10.0. The van der Waals surface area contributed by atoms with Crippen LogP contribution >= 0.6 is 0 Å². The molecule has 5 heteroatoms. The van der Waals surface area contributed by atoms with E-state index in [-0.39, 0.29) is 17.8 Å². The van der Waals surface area contributed by atoms with Gasteiger partial charge in [0.25, 0.3) is 5.91 Å². The number of carbonyl (C=O) groups is 1. The third kappa shape index (κ3) is 2.50. The molecule has 1 amide bonds. The minimum atomic E-state index is -0.329. The number of H-pyrrole nitrogens is 1. The molecule has 106 valence electrons. The molecule has 4 nitrogen and oxygen atoms in total. The molecule has 0 aliphatic heterocycles. The fourth-order valence-corrected chi connectivity index (χ4v) is 2.32. The van der Waals surface area contributed by atoms with Crippen molar-refractivity contribution in [1.82, 2.24) is 15.5 Å². The zero-order valence-electron chi connectivity index (χ0n) is 11.4. The van der Waals surface area contributed by atoms with E-state index in [0.717, 1.165) is 5.56 Å². The Labute approximate surface area is 121 Å². The third-order valence-electron chi connectivity index (χ3n) is 3.48. The Morgan fingerprint density at radius 3 is 2.71 bits per heavy atom. The van der Waals surface area contributed by atoms with Crippen molar-refractivity contribution >= 4 is 16.7 Å². The summed E-state index contributed by atoms with van der Waals surface area (Å²) in [5.41, 5.74) is 1.34. The monoisotopic (exact) mass is 283 g/mol. The van der Waals surface area contributed by atoms with Gasteiger partial charge in [0.1, 0.15) is 5.82 Å². The van der Waals surface area contributed by atoms with Gasteiger partial charge < -0.3 is 5.32 Å². The second-order valence-electron chi connectivity index (χ2n) is 4.87. The molecule has 1 aromatic heterocycles. The number of aromatic nitrogens is 2. The van der Waals surface area contributed by atoms with Crippen LogP contribution in [0.2, 0.25) is 0 Å². The summed E-state index contributed by atoms with van der Waals surface area (Å²) >= 11 is 0. The Kier molecular flexibility index (Phi) is 3.39. The molecule has 2 aromatic carbocycles. The lowest BCUT2D eigenvalue weighted by molar-refractivity contribution is 0.0941. The first-order valence-corrected chi connectivity index (χ1v) is 6.63. The average Bonchev–Trinajstić information content (AvgIpc) is 3.02. The highest BCUT2D eigenvalue weighted by molar-refractivity contribution is 6.07. The van der Waals surface area contributed by atoms with Crippen molar-refractivity contribution in [2.45, 2.75) is 13.0 Å². The van der Waals surface area contributed by atoms with Crippen LogP contribution in [0.25, 0.3) is 10.8 Å². The highest BCUT2D eigenvalue weighted by atomic mass is 19.1. The molecule has 3 aromatic rings. The van der Waals surface area contributed by atoms with Gasteiger partial charge in [-0.3, -0.25) is 9.89 Å². The maximum absolute atomic E-state index is 13.8. The molecular formula is C16H14FN3O. The molecule has 1 heterocycles. The Morgan fingerprint density at radius 1 is 1.24 bits per heavy atom. The van der Waals surface area contributed by atoms with Crippen molar-refractivity contribution in [2.24, 2.45) is 0 Å². The van der Waals surface area contributed by atoms with E-state index in [1.54, 1.807) is 36.7 Å². The normalized spacial score (nSPS) is 12.3. The van der Waals surface area contributed by atoms with Crippen molar-refractivity contribution < 1.29 is 9.18 Å². The van der Waals surface area contributed by atoms with Crippen molar-refractivity contribution in [3.05, 3.63) is 65.7 Å². The number of fused-ring (bicyclic) bond motifs is 1. The summed E-state index contributed by atoms with van der Waals surface area (Å²) in [5, 5.41) is 10.5. The molecule has 0 saturated carbocycles. The molecule has 0 bridgehead atoms. The molecule has 0 aliphatic carbocycles. The van der Waals surface area contributed by atoms with Crippen molar-refractivity contribution in [3.63, 3.8) is 0 Å². The van der Waals surface area contributed by atoms with Crippen molar-refractivity contribution in [2.75, 3.05) is 0 Å². The molecule has 21 heavy (non-hydrogen) atoms. The number of rotatable bonds is 3. The van der Waals surface area contributed by atoms with Crippen LogP contribution in [-0.2, 0) is 0 Å². The number of carbonyl (C=O) groups excluding carboxylic acids is 1. The summed E-state index contributed by atoms with van der Waals surface area (Å²) in [7, 11) is 0. The van der Waals surface area contributed by atoms with E-state index < -0.39 is 0 Å². The van der Waals surface area contributed by atoms with E-state index in [0.29, 0.717) is 16.3 Å². The van der Waals surface area contributed by atoms with Crippen LogP contribution in [0.4, 0.5) is 4.39 Å². The lowest BCUT2D eigenvalue weighted by Crippen LogP contribution is -2.26. The van der Waals surface area contributed by atoms with Gasteiger partial charge in [-0.25, -0.2) is 4.39 Å². The second-order valence-corrected chi connectivity index (χ2v) is 4.87. The smallest absolute Gasteiger partial charge is 0.252 e. The first-order chi connectivity index (χ1) is 10.2. The number of halogens is 1. The number of nitrogens with one attached hydrogen (secondary N) is 2. The zero-order chi connectivity index (χ0) is 14.8. The minimum Gasteiger partial charge on any atom is -0.345 e. The second kappa shape index (κ2) is 5.36. The van der Waals surface area contributed by atoms with Crippen molar-refractivity contribution in [1.29, 1.82) is 0 Å². The zero-order valence-corrected chi connectivity index (χ0v) is 11.4. The van der Waals surface area contributed by atoms with E-state index >= 15 is 0 Å². The number of hydrogen-bond acceptors (Lipinski definition) is 2. The van der Waals surface area contributed by atoms with Crippen LogP contribution in [0, 0.1) is 5.82 Å². The summed E-state index contributed by atoms with van der Waals surface area (Å²) in [6.45, 7) is 1.87. The van der Waals surface area contributed by atoms with Crippen LogP contribution in [0.3, 0.4) is 0 Å². The van der Waals surface area contributed by atoms with Crippen LogP contribution in [-0.4, -0.2) is 16.1 Å². The maximum atomic E-state index is 13.8. The third-order valence-corrected chi connectivity index (χ3v) is 3.48. The highest BCUT2D eigenvalue weighted by Crippen LogP contribution is 2.22. The van der Waals surface area contributed by atoms with Gasteiger partial charge in [-0.15, -0.1) is 0 Å². The maximum Gasteiger partial charge on any atom is 0.252 e. The number of hydrogen-bond donors (Lipinski definition) is 2. The molecule has 0 radical (unpaired) electrons. The summed E-state index contributed by atoms with van der Waals surface area (Å²) in [4.78, 5) is 12.4. The van der Waals surface area contributed by atoms with Gasteiger partial charge in [0.2, 0.25) is 0 Å². The predicted octanol–water partition coefficient (Wildman–Crippen LogP) is 3.19. The first-order valence-electron chi connectivity index (χ1n) is 6.63. The molecular weight excluding hydrogens is 269 g/mol. The molecule has 0 fully saturated rings. The summed E-state index contributed by atoms with van der Waals surface area (Å²) < 4.78 is 13.8. The number of aromatic amines is 1. The standard InChI is InChI=1S/C16H14FN3O/c1-10(11-8-18-19-9-11)20-16(21)14-6-7-15(17)13-5-3-2-4-12(13)14/h2-10H,1H3,(H,18,19)(H,20,21). The predicted molar refractivity (Wildman–Crippen MR) is 78.4 cm³/mol. The molecule has 0 saturated heterocycles. The molecule has 2 N–H and O–H groups in total. The molecule has 1 atom stereocenters. The number of amides is 1. The fraction of sp³-hybridized carbons (Fsp3) is 0.125. The van der Waals surface area contributed by atoms with E-state index in [4.69, 9.17) is 0 Å². The van der Waals surface area contributed by atoms with Crippen LogP contribution in [0.15, 0.2) is 48.8 Å². The van der Waals surface area contributed by atoms with Crippen LogP contribution in [0.5, 0.6) is 0 Å². The Balaban J connectivity index is 1.93. The summed E-state index contributed by atoms with van der Waals surface area (Å²) in [5.74, 6) is -0.565. The van der Waals surface area contributed by atoms with Crippen molar-refractivity contribution in [3.8, 4) is 0 Å². The van der Waals surface area contributed by atoms with Crippen LogP contribution < -0.4 is 5.32 Å². The minimum absolute atomic E-state index is 0.180. The Hall–Kier alpha value is -2.69. The SMILES string of the molecule is CC(NC(=O)c1ccc(F)c2ccccc12)c1cn[nH]c1. The average molecular weight is 283 g/mol. The Morgan fingerprint density at radius 2 is 2.00 bits per heavy atom. The van der Waals surface area contributed by atoms with Gasteiger partial charge in [0.15, 0.2) is 0 Å². The first kappa shape index (κ1) is 13.3. The van der Waals surface area contributed by atoms with Gasteiger partial charge in [-0.1, -0.05) is 24.3 Å². The fourth-order valence-electron chi connectivity index (χ4n) is 2.32. The van der Waals surface area contributed by atoms with Gasteiger partial charge in [0.05, 0.1) is 12.2 Å². The van der Waals surface area contributed by atoms with E-state index in [1.807, 2.05) is 6.92 Å². The van der Waals surface area contributed by atoms with Gasteiger partial charge in [-0.2, -0.15) is 5.10 Å². The van der Waals surface area contributed by atoms with E-state index in [2.05, 4.69) is 15.5 Å². The summed E-state index contributed by atoms with van der Waals surface area (Å²) in [6.07, 6.45) is 3.39. The number of benzene rings is 2. The molecule has 0 aliphatic rings. The molecule has 3 rings (SSSR count). The quantitative estimate of drug-likeness (QED) is 0.775. The molecule has 0 spiro atoms. The Bertz CT molecular complexity index is 783. The lowest BCUT2D eigenvalue weighted by Gasteiger charge is -2.13. The van der Waals surface area contributed by atoms with E-state index in [9.17, 15) is 9.18 Å². The van der Waals surface area contributed by atoms with Gasteiger partial charge in [-0.05, 0) is 24.4 Å². The topological polar surface area (TPSA) is 57.8 Å². The largest absolute Gasteiger partial charge is 0.345 e. The van der Waals surface area contributed by atoms with Gasteiger partial charge >= 0.3 is 0 Å². The van der Waals surface area contributed by atoms with Gasteiger partial charge in [0, 0.05) is 22.7 Å². The summed E-state index contributed by atoms with van der Waals surface area (Å²) in [6, 6.07) is 9.60. The van der Waals surface area contributed by atoms with Crippen LogP contribution in [0.1, 0.15) is 28.9 Å². The number of nitrogens with zero attached hydrogens (tertiary/aromatic N) is 1.